The number of hydrogen-bond acceptors (Lipinski definition) is 4. The first-order valence-corrected chi connectivity index (χ1v) is 5.65. The van der Waals surface area contributed by atoms with Crippen molar-refractivity contribution in [2.75, 3.05) is 6.61 Å². The quantitative estimate of drug-likeness (QED) is 0.592. The van der Waals surface area contributed by atoms with Gasteiger partial charge in [0.2, 0.25) is 0 Å². The molecule has 0 aromatic heterocycles. The number of ether oxygens (including phenoxy) is 1. The highest BCUT2D eigenvalue weighted by atomic mass is 16.6. The summed E-state index contributed by atoms with van der Waals surface area (Å²) in [7, 11) is 0. The van der Waals surface area contributed by atoms with E-state index >= 15 is 0 Å². The summed E-state index contributed by atoms with van der Waals surface area (Å²) < 4.78 is 5.43. The molecule has 0 aliphatic rings. The topological polar surface area (TPSA) is 76.2 Å². The molecule has 0 unspecified atom stereocenters. The molecular formula is C13H16N2O3. The minimum absolute atomic E-state index is 0.0482. The van der Waals surface area contributed by atoms with Crippen molar-refractivity contribution in [3.05, 3.63) is 33.9 Å². The Morgan fingerprint density at radius 2 is 2.17 bits per heavy atom. The first-order chi connectivity index (χ1) is 8.35. The summed E-state index contributed by atoms with van der Waals surface area (Å²) in [5, 5.41) is 19.6. The minimum Gasteiger partial charge on any atom is -0.493 e. The molecule has 0 spiro atoms. The summed E-state index contributed by atoms with van der Waals surface area (Å²) in [6, 6.07) is 6.94. The first kappa shape index (κ1) is 14.0. The third-order valence-electron chi connectivity index (χ3n) is 2.68. The van der Waals surface area contributed by atoms with E-state index in [1.54, 1.807) is 19.1 Å². The number of benzene rings is 1. The average molecular weight is 248 g/mol. The third kappa shape index (κ3) is 3.74. The van der Waals surface area contributed by atoms with Gasteiger partial charge in [-0.25, -0.2) is 0 Å². The molecule has 0 fully saturated rings. The fraction of sp³-hybridized carbons (Fsp3) is 0.462. The van der Waals surface area contributed by atoms with E-state index in [-0.39, 0.29) is 5.69 Å². The molecule has 0 saturated carbocycles. The zero-order valence-corrected chi connectivity index (χ0v) is 10.8. The summed E-state index contributed by atoms with van der Waals surface area (Å²) in [5.74, 6) is 0.459. The molecule has 0 radical (unpaired) electrons. The molecule has 18 heavy (non-hydrogen) atoms. The van der Waals surface area contributed by atoms with Crippen LogP contribution in [0.2, 0.25) is 0 Å². The van der Waals surface area contributed by atoms with Crippen LogP contribution < -0.4 is 4.74 Å². The van der Waals surface area contributed by atoms with Gasteiger partial charge in [-0.05, 0) is 39.3 Å². The molecule has 0 aliphatic heterocycles. The maximum Gasteiger partial charge on any atom is 0.275 e. The zero-order valence-electron chi connectivity index (χ0n) is 10.8. The van der Waals surface area contributed by atoms with Crippen LogP contribution in [0.3, 0.4) is 0 Å². The van der Waals surface area contributed by atoms with Gasteiger partial charge in [-0.3, -0.25) is 10.1 Å². The van der Waals surface area contributed by atoms with Crippen molar-refractivity contribution >= 4 is 5.69 Å². The Balaban J connectivity index is 2.67. The molecule has 0 atom stereocenters. The molecule has 0 bridgehead atoms. The number of aryl methyl sites for hydroxylation is 1. The highest BCUT2D eigenvalue weighted by molar-refractivity contribution is 5.45. The zero-order chi connectivity index (χ0) is 13.8. The second-order valence-corrected chi connectivity index (χ2v) is 4.80. The first-order valence-electron chi connectivity index (χ1n) is 5.65. The van der Waals surface area contributed by atoms with Crippen LogP contribution in [0.5, 0.6) is 5.75 Å². The molecular weight excluding hydrogens is 232 g/mol. The van der Waals surface area contributed by atoms with Crippen molar-refractivity contribution in [1.29, 1.82) is 5.26 Å². The molecule has 1 aromatic rings. The molecule has 1 aromatic carbocycles. The van der Waals surface area contributed by atoms with Crippen molar-refractivity contribution in [1.82, 2.24) is 0 Å². The van der Waals surface area contributed by atoms with Crippen LogP contribution >= 0.6 is 0 Å². The van der Waals surface area contributed by atoms with Gasteiger partial charge in [0, 0.05) is 5.56 Å². The van der Waals surface area contributed by atoms with Crippen LogP contribution in [-0.2, 0) is 0 Å². The third-order valence-corrected chi connectivity index (χ3v) is 2.68. The normalized spacial score (nSPS) is 10.8. The Morgan fingerprint density at radius 3 is 2.72 bits per heavy atom. The lowest BCUT2D eigenvalue weighted by Gasteiger charge is -2.15. The Labute approximate surface area is 106 Å². The predicted octanol–water partition coefficient (Wildman–Crippen LogP) is 3.22. The number of nitro benzene ring substituents is 1. The van der Waals surface area contributed by atoms with E-state index in [1.807, 2.05) is 13.8 Å². The van der Waals surface area contributed by atoms with E-state index in [4.69, 9.17) is 10.00 Å². The summed E-state index contributed by atoms with van der Waals surface area (Å²) in [6.45, 7) is 5.70. The second-order valence-electron chi connectivity index (χ2n) is 4.80. The van der Waals surface area contributed by atoms with Gasteiger partial charge in [-0.1, -0.05) is 0 Å². The molecule has 0 aliphatic carbocycles. The molecule has 0 N–H and O–H groups in total. The standard InChI is InChI=1S/C13H16N2O3/c1-10-4-5-11(8-12(10)15(16)17)18-7-6-13(2,3)9-14/h4-5,8H,6-7H2,1-3H3. The van der Waals surface area contributed by atoms with Crippen molar-refractivity contribution in [3.8, 4) is 11.8 Å². The Hall–Kier alpha value is -2.09. The molecule has 0 saturated heterocycles. The fourth-order valence-electron chi connectivity index (χ4n) is 1.36. The lowest BCUT2D eigenvalue weighted by molar-refractivity contribution is -0.385. The van der Waals surface area contributed by atoms with Gasteiger partial charge in [0.05, 0.1) is 29.1 Å². The van der Waals surface area contributed by atoms with Crippen molar-refractivity contribution < 1.29 is 9.66 Å². The van der Waals surface area contributed by atoms with Gasteiger partial charge >= 0.3 is 0 Å². The largest absolute Gasteiger partial charge is 0.493 e. The smallest absolute Gasteiger partial charge is 0.275 e. The molecule has 1 rings (SSSR count). The Bertz CT molecular complexity index is 489. The Morgan fingerprint density at radius 1 is 1.50 bits per heavy atom. The number of nitro groups is 1. The SMILES string of the molecule is Cc1ccc(OCCC(C)(C)C#N)cc1[N+](=O)[O-]. The van der Waals surface area contributed by atoms with Gasteiger partial charge in [0.15, 0.2) is 0 Å². The van der Waals surface area contributed by atoms with Gasteiger partial charge in [0.25, 0.3) is 5.69 Å². The fourth-order valence-corrected chi connectivity index (χ4v) is 1.36. The van der Waals surface area contributed by atoms with Crippen molar-refractivity contribution in [3.63, 3.8) is 0 Å². The van der Waals surface area contributed by atoms with E-state index in [2.05, 4.69) is 6.07 Å². The number of nitrogens with zero attached hydrogens (tertiary/aromatic N) is 2. The van der Waals surface area contributed by atoms with Gasteiger partial charge in [-0.2, -0.15) is 5.26 Å². The second kappa shape index (κ2) is 5.50. The van der Waals surface area contributed by atoms with E-state index in [9.17, 15) is 10.1 Å². The summed E-state index contributed by atoms with van der Waals surface area (Å²) in [6.07, 6.45) is 0.575. The predicted molar refractivity (Wildman–Crippen MR) is 67.3 cm³/mol. The van der Waals surface area contributed by atoms with Crippen LogP contribution in [-0.4, -0.2) is 11.5 Å². The van der Waals surface area contributed by atoms with Gasteiger partial charge < -0.3 is 4.74 Å². The molecule has 5 heteroatoms. The lowest BCUT2D eigenvalue weighted by atomic mass is 9.92. The summed E-state index contributed by atoms with van der Waals surface area (Å²) in [5.41, 5.74) is 0.202. The minimum atomic E-state index is -0.448. The van der Waals surface area contributed by atoms with E-state index in [0.29, 0.717) is 24.3 Å². The van der Waals surface area contributed by atoms with Crippen LogP contribution in [0.4, 0.5) is 5.69 Å². The summed E-state index contributed by atoms with van der Waals surface area (Å²) >= 11 is 0. The molecule has 0 heterocycles. The van der Waals surface area contributed by atoms with E-state index < -0.39 is 10.3 Å². The maximum atomic E-state index is 10.8. The van der Waals surface area contributed by atoms with Crippen molar-refractivity contribution in [2.45, 2.75) is 27.2 Å². The average Bonchev–Trinajstić information content (AvgIpc) is 2.31. The number of rotatable bonds is 5. The highest BCUT2D eigenvalue weighted by Crippen LogP contribution is 2.25. The van der Waals surface area contributed by atoms with Crippen LogP contribution in [0.15, 0.2) is 18.2 Å². The summed E-state index contributed by atoms with van der Waals surface area (Å²) in [4.78, 5) is 10.3. The highest BCUT2D eigenvalue weighted by Gasteiger charge is 2.17. The van der Waals surface area contributed by atoms with E-state index in [0.717, 1.165) is 0 Å². The van der Waals surface area contributed by atoms with Gasteiger partial charge in [0.1, 0.15) is 5.75 Å². The van der Waals surface area contributed by atoms with Gasteiger partial charge in [-0.15, -0.1) is 0 Å². The maximum absolute atomic E-state index is 10.8. The Kier molecular flexibility index (Phi) is 4.27. The van der Waals surface area contributed by atoms with Crippen molar-refractivity contribution in [2.24, 2.45) is 5.41 Å². The monoisotopic (exact) mass is 248 g/mol. The molecule has 96 valence electrons. The number of nitriles is 1. The number of hydrogen-bond donors (Lipinski definition) is 0. The molecule has 0 amide bonds. The van der Waals surface area contributed by atoms with E-state index in [1.165, 1.54) is 6.07 Å². The van der Waals surface area contributed by atoms with Crippen LogP contribution in [0, 0.1) is 33.8 Å². The van der Waals surface area contributed by atoms with Crippen LogP contribution in [0.25, 0.3) is 0 Å². The van der Waals surface area contributed by atoms with Crippen LogP contribution in [0.1, 0.15) is 25.8 Å². The lowest BCUT2D eigenvalue weighted by Crippen LogP contribution is -2.13. The molecule has 5 nitrogen and oxygen atoms in total.